The van der Waals surface area contributed by atoms with Gasteiger partial charge >= 0.3 is 0 Å². The van der Waals surface area contributed by atoms with Crippen LogP contribution in [0.3, 0.4) is 0 Å². The molecule has 102 valence electrons. The van der Waals surface area contributed by atoms with Gasteiger partial charge in [0.2, 0.25) is 0 Å². The van der Waals surface area contributed by atoms with Gasteiger partial charge in [-0.1, -0.05) is 67.9 Å². The molecule has 0 fully saturated rings. The first-order chi connectivity index (χ1) is 8.69. The summed E-state index contributed by atoms with van der Waals surface area (Å²) in [5.74, 6) is 5.60. The van der Waals surface area contributed by atoms with Crippen molar-refractivity contribution in [2.75, 3.05) is 0 Å². The maximum Gasteiger partial charge on any atom is 0.0624 e. The minimum atomic E-state index is 0.262. The van der Waals surface area contributed by atoms with Crippen LogP contribution in [0.1, 0.15) is 44.6 Å². The normalized spacial score (nSPS) is 12.7. The summed E-state index contributed by atoms with van der Waals surface area (Å²) in [5.41, 5.74) is 3.93. The van der Waals surface area contributed by atoms with Crippen LogP contribution < -0.4 is 11.3 Å². The molecule has 1 aromatic rings. The van der Waals surface area contributed by atoms with Crippen LogP contribution in [0.2, 0.25) is 10.0 Å². The Balaban J connectivity index is 2.49. The molecule has 0 aliphatic heterocycles. The minimum Gasteiger partial charge on any atom is -0.271 e. The van der Waals surface area contributed by atoms with Crippen molar-refractivity contribution in [3.8, 4) is 0 Å². The van der Waals surface area contributed by atoms with Crippen LogP contribution >= 0.6 is 23.2 Å². The fourth-order valence-electron chi connectivity index (χ4n) is 2.03. The van der Waals surface area contributed by atoms with Gasteiger partial charge in [0.05, 0.1) is 10.0 Å². The zero-order chi connectivity index (χ0) is 13.4. The first-order valence-electron chi connectivity index (χ1n) is 6.58. The zero-order valence-corrected chi connectivity index (χ0v) is 12.4. The minimum absolute atomic E-state index is 0.262. The third kappa shape index (κ3) is 5.15. The molecule has 0 saturated carbocycles. The van der Waals surface area contributed by atoms with Crippen molar-refractivity contribution in [3.63, 3.8) is 0 Å². The molecule has 3 N–H and O–H groups in total. The lowest BCUT2D eigenvalue weighted by atomic mass is 10.0. The maximum atomic E-state index is 6.18. The predicted molar refractivity (Wildman–Crippen MR) is 80.0 cm³/mol. The first kappa shape index (κ1) is 15.8. The Morgan fingerprint density at radius 2 is 2.00 bits per heavy atom. The lowest BCUT2D eigenvalue weighted by Crippen LogP contribution is -2.36. The van der Waals surface area contributed by atoms with Gasteiger partial charge in [0.15, 0.2) is 0 Å². The number of hydrazine groups is 1. The summed E-state index contributed by atoms with van der Waals surface area (Å²) in [7, 11) is 0. The number of hydrogen-bond donors (Lipinski definition) is 2. The topological polar surface area (TPSA) is 38.0 Å². The van der Waals surface area contributed by atoms with Gasteiger partial charge in [-0.15, -0.1) is 0 Å². The van der Waals surface area contributed by atoms with Crippen LogP contribution in [0.5, 0.6) is 0 Å². The third-order valence-corrected chi connectivity index (χ3v) is 4.00. The van der Waals surface area contributed by atoms with Gasteiger partial charge in [0, 0.05) is 6.04 Å². The summed E-state index contributed by atoms with van der Waals surface area (Å²) in [5, 5.41) is 1.25. The monoisotopic (exact) mass is 288 g/mol. The molecule has 1 unspecified atom stereocenters. The van der Waals surface area contributed by atoms with Crippen LogP contribution in [0.25, 0.3) is 0 Å². The molecular formula is C14H22Cl2N2. The van der Waals surface area contributed by atoms with Crippen molar-refractivity contribution >= 4 is 23.2 Å². The van der Waals surface area contributed by atoms with E-state index in [4.69, 9.17) is 29.0 Å². The van der Waals surface area contributed by atoms with E-state index in [0.29, 0.717) is 10.0 Å². The van der Waals surface area contributed by atoms with E-state index in [1.807, 2.05) is 12.1 Å². The van der Waals surface area contributed by atoms with Gasteiger partial charge in [-0.25, -0.2) is 0 Å². The molecule has 0 aliphatic carbocycles. The Hall–Kier alpha value is -0.280. The van der Waals surface area contributed by atoms with Crippen LogP contribution in [-0.4, -0.2) is 6.04 Å². The van der Waals surface area contributed by atoms with Crippen molar-refractivity contribution in [1.82, 2.24) is 5.43 Å². The first-order valence-corrected chi connectivity index (χ1v) is 7.33. The molecule has 0 amide bonds. The Bertz CT molecular complexity index is 356. The fraction of sp³-hybridized carbons (Fsp3) is 0.571. The smallest absolute Gasteiger partial charge is 0.0624 e. The highest BCUT2D eigenvalue weighted by Gasteiger charge is 2.11. The number of rotatable bonds is 8. The Morgan fingerprint density at radius 3 is 2.67 bits per heavy atom. The molecule has 2 nitrogen and oxygen atoms in total. The maximum absolute atomic E-state index is 6.18. The number of nitrogens with two attached hydrogens (primary N) is 1. The van der Waals surface area contributed by atoms with Crippen molar-refractivity contribution < 1.29 is 0 Å². The Kier molecular flexibility index (Phi) is 7.68. The number of benzene rings is 1. The van der Waals surface area contributed by atoms with E-state index in [-0.39, 0.29) is 6.04 Å². The molecule has 1 rings (SSSR count). The van der Waals surface area contributed by atoms with Crippen LogP contribution in [-0.2, 0) is 6.42 Å². The molecule has 0 radical (unpaired) electrons. The SMILES string of the molecule is CCCCCCC(Cc1cccc(Cl)c1Cl)NN. The van der Waals surface area contributed by atoms with Crippen LogP contribution in [0.4, 0.5) is 0 Å². The molecule has 4 heteroatoms. The standard InChI is InChI=1S/C14H22Cl2N2/c1-2-3-4-5-8-12(18-17)10-11-7-6-9-13(15)14(11)16/h6-7,9,12,18H,2-5,8,10,17H2,1H3. The molecule has 0 heterocycles. The summed E-state index contributed by atoms with van der Waals surface area (Å²) in [4.78, 5) is 0. The number of halogens is 2. The quantitative estimate of drug-likeness (QED) is 0.424. The summed E-state index contributed by atoms with van der Waals surface area (Å²) in [6.07, 6.45) is 6.89. The summed E-state index contributed by atoms with van der Waals surface area (Å²) < 4.78 is 0. The van der Waals surface area contributed by atoms with Gasteiger partial charge in [-0.2, -0.15) is 0 Å². The van der Waals surface area contributed by atoms with Crippen LogP contribution in [0.15, 0.2) is 18.2 Å². The summed E-state index contributed by atoms with van der Waals surface area (Å²) in [6, 6.07) is 6.00. The Labute approximate surface area is 120 Å². The number of nitrogens with one attached hydrogen (secondary N) is 1. The molecule has 18 heavy (non-hydrogen) atoms. The average molecular weight is 289 g/mol. The van der Waals surface area contributed by atoms with Crippen molar-refractivity contribution in [2.24, 2.45) is 5.84 Å². The average Bonchev–Trinajstić information content (AvgIpc) is 2.38. The van der Waals surface area contributed by atoms with E-state index in [1.165, 1.54) is 25.7 Å². The lowest BCUT2D eigenvalue weighted by Gasteiger charge is -2.17. The number of hydrogen-bond acceptors (Lipinski definition) is 2. The van der Waals surface area contributed by atoms with E-state index in [0.717, 1.165) is 18.4 Å². The van der Waals surface area contributed by atoms with Crippen LogP contribution in [0, 0.1) is 0 Å². The van der Waals surface area contributed by atoms with Gasteiger partial charge in [-0.3, -0.25) is 11.3 Å². The molecular weight excluding hydrogens is 267 g/mol. The van der Waals surface area contributed by atoms with Gasteiger partial charge in [0.1, 0.15) is 0 Å². The van der Waals surface area contributed by atoms with Gasteiger partial charge < -0.3 is 0 Å². The second kappa shape index (κ2) is 8.76. The Morgan fingerprint density at radius 1 is 1.22 bits per heavy atom. The molecule has 0 aliphatic rings. The summed E-state index contributed by atoms with van der Waals surface area (Å²) in [6.45, 7) is 2.21. The zero-order valence-electron chi connectivity index (χ0n) is 10.9. The van der Waals surface area contributed by atoms with Crippen molar-refractivity contribution in [3.05, 3.63) is 33.8 Å². The second-order valence-corrected chi connectivity index (χ2v) is 5.42. The molecule has 0 saturated heterocycles. The molecule has 1 aromatic carbocycles. The largest absolute Gasteiger partial charge is 0.271 e. The van der Waals surface area contributed by atoms with Crippen molar-refractivity contribution in [2.45, 2.75) is 51.5 Å². The van der Waals surface area contributed by atoms with E-state index in [1.54, 1.807) is 6.07 Å². The number of unbranched alkanes of at least 4 members (excludes halogenated alkanes) is 3. The molecule has 1 atom stereocenters. The van der Waals surface area contributed by atoms with E-state index < -0.39 is 0 Å². The van der Waals surface area contributed by atoms with E-state index in [2.05, 4.69) is 12.3 Å². The van der Waals surface area contributed by atoms with Gasteiger partial charge in [-0.05, 0) is 24.5 Å². The highest BCUT2D eigenvalue weighted by Crippen LogP contribution is 2.26. The van der Waals surface area contributed by atoms with Crippen molar-refractivity contribution in [1.29, 1.82) is 0 Å². The molecule has 0 aromatic heterocycles. The lowest BCUT2D eigenvalue weighted by molar-refractivity contribution is 0.463. The highest BCUT2D eigenvalue weighted by molar-refractivity contribution is 6.42. The molecule has 0 spiro atoms. The summed E-state index contributed by atoms with van der Waals surface area (Å²) >= 11 is 12.2. The third-order valence-electron chi connectivity index (χ3n) is 3.14. The predicted octanol–water partition coefficient (Wildman–Crippen LogP) is 4.34. The van der Waals surface area contributed by atoms with Gasteiger partial charge in [0.25, 0.3) is 0 Å². The fourth-order valence-corrected chi connectivity index (χ4v) is 2.43. The molecule has 0 bridgehead atoms. The van der Waals surface area contributed by atoms with E-state index >= 15 is 0 Å². The second-order valence-electron chi connectivity index (χ2n) is 4.63. The highest BCUT2D eigenvalue weighted by atomic mass is 35.5. The van der Waals surface area contributed by atoms with E-state index in [9.17, 15) is 0 Å².